The van der Waals surface area contributed by atoms with Crippen LogP contribution in [-0.4, -0.2) is 28.4 Å². The second-order valence-corrected chi connectivity index (χ2v) is 8.69. The first kappa shape index (κ1) is 23.0. The molecule has 0 bridgehead atoms. The lowest BCUT2D eigenvalue weighted by Crippen LogP contribution is -2.37. The van der Waals surface area contributed by atoms with Gasteiger partial charge in [0.2, 0.25) is 5.12 Å². The smallest absolute Gasteiger partial charge is 0.408 e. The number of rotatable bonds is 6. The van der Waals surface area contributed by atoms with Gasteiger partial charge in [-0.3, -0.25) is 9.59 Å². The maximum Gasteiger partial charge on any atom is 0.408 e. The van der Waals surface area contributed by atoms with E-state index in [1.807, 2.05) is 20.8 Å². The van der Waals surface area contributed by atoms with Crippen molar-refractivity contribution in [1.82, 2.24) is 5.32 Å². The average molecular weight is 396 g/mol. The van der Waals surface area contributed by atoms with Crippen LogP contribution in [0.2, 0.25) is 0 Å². The summed E-state index contributed by atoms with van der Waals surface area (Å²) in [6, 6.07) is 6.14. The molecule has 1 rings (SSSR count). The third-order valence-corrected chi connectivity index (χ3v) is 3.52. The third-order valence-electron chi connectivity index (χ3n) is 3.26. The molecular formula is C20H29NO5S. The fourth-order valence-electron chi connectivity index (χ4n) is 2.23. The van der Waals surface area contributed by atoms with Crippen molar-refractivity contribution in [3.63, 3.8) is 0 Å². The van der Waals surface area contributed by atoms with E-state index in [1.54, 1.807) is 45.0 Å². The van der Waals surface area contributed by atoms with Gasteiger partial charge in [-0.05, 0) is 59.1 Å². The molecule has 7 heteroatoms. The van der Waals surface area contributed by atoms with Crippen molar-refractivity contribution in [1.29, 1.82) is 0 Å². The number of thiol groups is 1. The molecule has 0 saturated carbocycles. The highest BCUT2D eigenvalue weighted by atomic mass is 32.1. The Morgan fingerprint density at radius 1 is 0.963 bits per heavy atom. The van der Waals surface area contributed by atoms with Gasteiger partial charge in [0.1, 0.15) is 17.2 Å². The van der Waals surface area contributed by atoms with Gasteiger partial charge in [-0.15, -0.1) is 12.6 Å². The zero-order valence-corrected chi connectivity index (χ0v) is 17.7. The van der Waals surface area contributed by atoms with E-state index in [0.717, 1.165) is 5.56 Å². The molecule has 0 aliphatic heterocycles. The summed E-state index contributed by atoms with van der Waals surface area (Å²) in [5, 5.41) is 2.03. The number of nitrogens with one attached hydrogen (secondary N) is 1. The molecule has 0 saturated heterocycles. The fraction of sp³-hybridized carbons (Fsp3) is 0.550. The van der Waals surface area contributed by atoms with Gasteiger partial charge in [0.15, 0.2) is 0 Å². The largest absolute Gasteiger partial charge is 0.460 e. The first-order chi connectivity index (χ1) is 12.3. The molecule has 1 amide bonds. The van der Waals surface area contributed by atoms with Gasteiger partial charge < -0.3 is 14.8 Å². The Morgan fingerprint density at radius 3 is 1.93 bits per heavy atom. The molecule has 150 valence electrons. The number of benzene rings is 1. The van der Waals surface area contributed by atoms with E-state index < -0.39 is 28.5 Å². The SMILES string of the molecule is CC(C)(C)OC(=O)CCc1ccc(C(NC(=O)OC(C)(C)C)C(=O)S)cc1. The van der Waals surface area contributed by atoms with Crippen molar-refractivity contribution < 1.29 is 23.9 Å². The fourth-order valence-corrected chi connectivity index (χ4v) is 2.44. The van der Waals surface area contributed by atoms with Crippen LogP contribution in [-0.2, 0) is 25.5 Å². The third kappa shape index (κ3) is 9.47. The topological polar surface area (TPSA) is 81.7 Å². The number of alkyl carbamates (subject to hydrolysis) is 1. The first-order valence-electron chi connectivity index (χ1n) is 8.80. The number of carbonyl (C=O) groups excluding carboxylic acids is 3. The Hall–Kier alpha value is -2.02. The molecule has 27 heavy (non-hydrogen) atoms. The number of hydrogen-bond donors (Lipinski definition) is 2. The number of carbonyl (C=O) groups is 3. The van der Waals surface area contributed by atoms with Crippen molar-refractivity contribution in [2.75, 3.05) is 0 Å². The number of ether oxygens (including phenoxy) is 2. The molecule has 6 nitrogen and oxygen atoms in total. The summed E-state index contributed by atoms with van der Waals surface area (Å²) in [6.07, 6.45) is 0.0967. The van der Waals surface area contributed by atoms with Crippen LogP contribution >= 0.6 is 12.6 Å². The van der Waals surface area contributed by atoms with Crippen molar-refractivity contribution >= 4 is 29.8 Å². The van der Waals surface area contributed by atoms with Crippen molar-refractivity contribution in [2.45, 2.75) is 71.6 Å². The van der Waals surface area contributed by atoms with Crippen LogP contribution in [0.4, 0.5) is 4.79 Å². The quantitative estimate of drug-likeness (QED) is 0.562. The maximum absolute atomic E-state index is 11.9. The maximum atomic E-state index is 11.9. The molecule has 0 aliphatic rings. The Balaban J connectivity index is 2.72. The molecule has 0 fully saturated rings. The number of esters is 1. The second kappa shape index (κ2) is 9.26. The molecule has 1 atom stereocenters. The summed E-state index contributed by atoms with van der Waals surface area (Å²) in [6.45, 7) is 10.7. The van der Waals surface area contributed by atoms with E-state index >= 15 is 0 Å². The predicted octanol–water partition coefficient (Wildman–Crippen LogP) is 3.98. The van der Waals surface area contributed by atoms with Gasteiger partial charge in [-0.2, -0.15) is 0 Å². The summed E-state index contributed by atoms with van der Waals surface area (Å²) in [4.78, 5) is 35.5. The van der Waals surface area contributed by atoms with Crippen LogP contribution in [0.25, 0.3) is 0 Å². The van der Waals surface area contributed by atoms with Crippen molar-refractivity contribution in [3.05, 3.63) is 35.4 Å². The zero-order chi connectivity index (χ0) is 20.8. The highest BCUT2D eigenvalue weighted by Crippen LogP contribution is 2.19. The van der Waals surface area contributed by atoms with Crippen molar-refractivity contribution in [3.8, 4) is 0 Å². The minimum atomic E-state index is -0.914. The van der Waals surface area contributed by atoms with Gasteiger partial charge in [0, 0.05) is 6.42 Å². The summed E-state index contributed by atoms with van der Waals surface area (Å²) < 4.78 is 10.5. The van der Waals surface area contributed by atoms with Crippen LogP contribution in [0.1, 0.15) is 65.1 Å². The van der Waals surface area contributed by atoms with Gasteiger partial charge in [0.25, 0.3) is 0 Å². The second-order valence-electron chi connectivity index (χ2n) is 8.25. The minimum Gasteiger partial charge on any atom is -0.460 e. The highest BCUT2D eigenvalue weighted by molar-refractivity contribution is 7.96. The monoisotopic (exact) mass is 395 g/mol. The summed E-state index contributed by atoms with van der Waals surface area (Å²) in [7, 11) is 0. The number of hydrogen-bond acceptors (Lipinski definition) is 5. The summed E-state index contributed by atoms with van der Waals surface area (Å²) >= 11 is 3.85. The standard InChI is InChI=1S/C20H29NO5S/c1-19(2,3)25-15(22)12-9-13-7-10-14(11-8-13)16(17(23)27)21-18(24)26-20(4,5)6/h7-8,10-11,16H,9,12H2,1-6H3,(H,21,24)(H,23,27). The molecular weight excluding hydrogens is 366 g/mol. The minimum absolute atomic E-state index is 0.262. The van der Waals surface area contributed by atoms with Crippen LogP contribution in [0, 0.1) is 0 Å². The lowest BCUT2D eigenvalue weighted by molar-refractivity contribution is -0.154. The van der Waals surface area contributed by atoms with Crippen LogP contribution in [0.3, 0.4) is 0 Å². The van der Waals surface area contributed by atoms with Gasteiger partial charge >= 0.3 is 12.1 Å². The van der Waals surface area contributed by atoms with Crippen LogP contribution < -0.4 is 5.32 Å². The predicted molar refractivity (Wildman–Crippen MR) is 107 cm³/mol. The Labute approximate surface area is 166 Å². The molecule has 1 aromatic rings. The zero-order valence-electron chi connectivity index (χ0n) is 16.8. The van der Waals surface area contributed by atoms with Crippen LogP contribution in [0.5, 0.6) is 0 Å². The average Bonchev–Trinajstić information content (AvgIpc) is 2.47. The lowest BCUT2D eigenvalue weighted by Gasteiger charge is -2.22. The molecule has 0 aromatic heterocycles. The molecule has 1 aromatic carbocycles. The molecule has 0 heterocycles. The summed E-state index contributed by atoms with van der Waals surface area (Å²) in [5.74, 6) is -0.262. The van der Waals surface area contributed by atoms with E-state index in [9.17, 15) is 14.4 Å². The highest BCUT2D eigenvalue weighted by Gasteiger charge is 2.24. The molecule has 0 aliphatic carbocycles. The molecule has 0 spiro atoms. The lowest BCUT2D eigenvalue weighted by atomic mass is 10.0. The molecule has 0 radical (unpaired) electrons. The van der Waals surface area contributed by atoms with Gasteiger partial charge in [0.05, 0.1) is 0 Å². The van der Waals surface area contributed by atoms with E-state index in [2.05, 4.69) is 17.9 Å². The first-order valence-corrected chi connectivity index (χ1v) is 9.24. The Morgan fingerprint density at radius 2 is 1.48 bits per heavy atom. The molecule has 1 unspecified atom stereocenters. The van der Waals surface area contributed by atoms with Gasteiger partial charge in [-0.25, -0.2) is 4.79 Å². The summed E-state index contributed by atoms with van der Waals surface area (Å²) in [5.41, 5.74) is 0.336. The van der Waals surface area contributed by atoms with Crippen LogP contribution in [0.15, 0.2) is 24.3 Å². The van der Waals surface area contributed by atoms with E-state index in [-0.39, 0.29) is 12.4 Å². The van der Waals surface area contributed by atoms with Gasteiger partial charge in [-0.1, -0.05) is 24.3 Å². The normalized spacial score (nSPS) is 12.9. The van der Waals surface area contributed by atoms with Crippen molar-refractivity contribution in [2.24, 2.45) is 0 Å². The van der Waals surface area contributed by atoms with E-state index in [0.29, 0.717) is 12.0 Å². The molecule has 1 N–H and O–H groups in total. The number of aryl methyl sites for hydroxylation is 1. The Kier molecular flexibility index (Phi) is 7.90. The number of amides is 1. The Bertz CT molecular complexity index is 671. The van der Waals surface area contributed by atoms with E-state index in [1.165, 1.54) is 0 Å². The van der Waals surface area contributed by atoms with E-state index in [4.69, 9.17) is 9.47 Å².